The molecule has 8 nitrogen and oxygen atoms in total. The van der Waals surface area contributed by atoms with Crippen LogP contribution in [0, 0.1) is 0 Å². The van der Waals surface area contributed by atoms with Gasteiger partial charge in [0.2, 0.25) is 10.0 Å². The van der Waals surface area contributed by atoms with Crippen LogP contribution in [0.15, 0.2) is 45.0 Å². The van der Waals surface area contributed by atoms with Crippen molar-refractivity contribution < 1.29 is 22.6 Å². The van der Waals surface area contributed by atoms with Crippen LogP contribution in [0.2, 0.25) is 5.02 Å². The number of hydrogen-bond acceptors (Lipinski definition) is 7. The van der Waals surface area contributed by atoms with Crippen LogP contribution >= 0.6 is 11.6 Å². The molecule has 0 unspecified atom stereocenters. The highest BCUT2D eigenvalue weighted by Gasteiger charge is 2.50. The first kappa shape index (κ1) is 17.8. The highest BCUT2D eigenvalue weighted by Crippen LogP contribution is 2.45. The molecule has 0 saturated carbocycles. The molecule has 2 aromatic rings. The average molecular weight is 422 g/mol. The van der Waals surface area contributed by atoms with E-state index in [0.717, 1.165) is 17.6 Å². The molecule has 0 amide bonds. The molecular weight excluding hydrogens is 406 g/mol. The maximum atomic E-state index is 13.2. The number of fused-ring (bicyclic) bond motifs is 2. The van der Waals surface area contributed by atoms with Crippen molar-refractivity contribution in [2.24, 2.45) is 0 Å². The Hall–Kier alpha value is -2.23. The van der Waals surface area contributed by atoms with Gasteiger partial charge in [-0.3, -0.25) is 0 Å². The number of carbonyl (C=O) groups is 1. The normalized spacial score (nSPS) is 22.1. The van der Waals surface area contributed by atoms with Crippen molar-refractivity contribution >= 4 is 38.6 Å². The molecule has 28 heavy (non-hydrogen) atoms. The zero-order valence-corrected chi connectivity index (χ0v) is 16.3. The van der Waals surface area contributed by atoms with Gasteiger partial charge in [0, 0.05) is 37.1 Å². The third-order valence-corrected chi connectivity index (χ3v) is 7.91. The van der Waals surface area contributed by atoms with E-state index in [0.29, 0.717) is 19.3 Å². The second kappa shape index (κ2) is 6.13. The molecule has 2 aliphatic heterocycles. The van der Waals surface area contributed by atoms with Crippen LogP contribution in [0.25, 0.3) is 11.0 Å². The summed E-state index contributed by atoms with van der Waals surface area (Å²) in [7, 11) is -3.83. The molecule has 1 saturated heterocycles. The van der Waals surface area contributed by atoms with E-state index in [1.807, 2.05) is 12.2 Å². The molecule has 1 aromatic heterocycles. The minimum Gasteiger partial charge on any atom is -0.451 e. The van der Waals surface area contributed by atoms with Crippen molar-refractivity contribution in [3.8, 4) is 0 Å². The molecule has 3 aliphatic rings. The van der Waals surface area contributed by atoms with E-state index < -0.39 is 15.6 Å². The lowest BCUT2D eigenvalue weighted by molar-refractivity contribution is -0.149. The van der Waals surface area contributed by atoms with Gasteiger partial charge in [-0.25, -0.2) is 17.8 Å². The smallest absolute Gasteiger partial charge is 0.335 e. The predicted octanol–water partition coefficient (Wildman–Crippen LogP) is 2.60. The van der Waals surface area contributed by atoms with Gasteiger partial charge in [0.05, 0.1) is 5.02 Å². The van der Waals surface area contributed by atoms with Crippen molar-refractivity contribution in [3.63, 3.8) is 0 Å². The molecule has 0 N–H and O–H groups in total. The first-order valence-corrected chi connectivity index (χ1v) is 10.8. The van der Waals surface area contributed by atoms with Crippen molar-refractivity contribution in [1.29, 1.82) is 0 Å². The number of rotatable bonds is 2. The highest BCUT2D eigenvalue weighted by atomic mass is 35.5. The van der Waals surface area contributed by atoms with Crippen LogP contribution in [0.5, 0.6) is 0 Å². The molecule has 5 rings (SSSR count). The van der Waals surface area contributed by atoms with Gasteiger partial charge in [-0.15, -0.1) is 0 Å². The molecule has 1 fully saturated rings. The van der Waals surface area contributed by atoms with E-state index in [9.17, 15) is 13.2 Å². The molecule has 0 radical (unpaired) electrons. The Bertz CT molecular complexity index is 1160. The second-order valence-corrected chi connectivity index (χ2v) is 9.44. The monoisotopic (exact) mass is 421 g/mol. The number of benzene rings is 1. The maximum Gasteiger partial charge on any atom is 0.335 e. The predicted molar refractivity (Wildman–Crippen MR) is 99.0 cm³/mol. The van der Waals surface area contributed by atoms with Crippen molar-refractivity contribution in [3.05, 3.63) is 40.5 Å². The number of aromatic nitrogens is 2. The minimum absolute atomic E-state index is 0.00461. The van der Waals surface area contributed by atoms with Crippen LogP contribution in [0.3, 0.4) is 0 Å². The largest absolute Gasteiger partial charge is 0.451 e. The second-order valence-electron chi connectivity index (χ2n) is 7.13. The van der Waals surface area contributed by atoms with Gasteiger partial charge in [0.25, 0.3) is 0 Å². The summed E-state index contributed by atoms with van der Waals surface area (Å²) in [6, 6.07) is 2.88. The van der Waals surface area contributed by atoms with E-state index in [-0.39, 0.29) is 40.0 Å². The summed E-state index contributed by atoms with van der Waals surface area (Å²) in [6.45, 7) is 0.464. The van der Waals surface area contributed by atoms with Crippen molar-refractivity contribution in [2.45, 2.75) is 36.2 Å². The Kier molecular flexibility index (Phi) is 3.91. The summed E-state index contributed by atoms with van der Waals surface area (Å²) in [5, 5.41) is 7.66. The van der Waals surface area contributed by atoms with E-state index in [1.54, 1.807) is 0 Å². The van der Waals surface area contributed by atoms with Crippen LogP contribution in [-0.2, 0) is 19.6 Å². The summed E-state index contributed by atoms with van der Waals surface area (Å²) >= 11 is 6.04. The summed E-state index contributed by atoms with van der Waals surface area (Å²) < 4.78 is 38.2. The van der Waals surface area contributed by atoms with E-state index in [2.05, 4.69) is 14.9 Å². The first-order valence-electron chi connectivity index (χ1n) is 8.97. The van der Waals surface area contributed by atoms with Gasteiger partial charge in [-0.2, -0.15) is 4.31 Å². The average Bonchev–Trinajstić information content (AvgIpc) is 3.28. The van der Waals surface area contributed by atoms with Gasteiger partial charge in [-0.1, -0.05) is 23.8 Å². The summed E-state index contributed by atoms with van der Waals surface area (Å²) in [5.74, 6) is -0.274. The molecule has 1 spiro atoms. The van der Waals surface area contributed by atoms with Gasteiger partial charge < -0.3 is 4.74 Å². The fourth-order valence-corrected chi connectivity index (χ4v) is 5.96. The zero-order chi connectivity index (χ0) is 19.5. The van der Waals surface area contributed by atoms with E-state index in [1.165, 1.54) is 16.4 Å². The standard InChI is InChI=1S/C18H16ClN3O5S/c19-13-5-6-14(16-15(13)20-27-21-16)28(24,25)22-9-7-18(8-10-22)12-4-2-1-3-11(12)17(23)26-18/h2,4-6H,1,3,7-10H2. The lowest BCUT2D eigenvalue weighted by atomic mass is 9.81. The quantitative estimate of drug-likeness (QED) is 0.686. The number of piperidine rings is 1. The Morgan fingerprint density at radius 3 is 2.68 bits per heavy atom. The van der Waals surface area contributed by atoms with Crippen molar-refractivity contribution in [2.75, 3.05) is 13.1 Å². The SMILES string of the molecule is O=C1OC2(CCN(S(=O)(=O)c3ccc(Cl)c4nonc34)CC2)C2=C1CCC=C2. The van der Waals surface area contributed by atoms with Crippen LogP contribution < -0.4 is 0 Å². The Morgan fingerprint density at radius 2 is 1.89 bits per heavy atom. The van der Waals surface area contributed by atoms with E-state index in [4.69, 9.17) is 16.3 Å². The summed E-state index contributed by atoms with van der Waals surface area (Å²) in [6.07, 6.45) is 6.31. The number of ether oxygens (including phenoxy) is 1. The lowest BCUT2D eigenvalue weighted by Crippen LogP contribution is -2.47. The molecule has 1 aromatic carbocycles. The van der Waals surface area contributed by atoms with Gasteiger partial charge in [-0.05, 0) is 35.3 Å². The Labute approximate surface area is 165 Å². The third-order valence-electron chi connectivity index (χ3n) is 5.67. The van der Waals surface area contributed by atoms with E-state index >= 15 is 0 Å². The maximum absolute atomic E-state index is 13.2. The Balaban J connectivity index is 1.45. The number of nitrogens with zero attached hydrogens (tertiary/aromatic N) is 3. The van der Waals surface area contributed by atoms with Gasteiger partial charge >= 0.3 is 5.97 Å². The number of esters is 1. The summed E-state index contributed by atoms with van der Waals surface area (Å²) in [4.78, 5) is 12.3. The molecule has 0 atom stereocenters. The Morgan fingerprint density at radius 1 is 1.14 bits per heavy atom. The summed E-state index contributed by atoms with van der Waals surface area (Å²) in [5.41, 5.74) is 1.24. The number of allylic oxidation sites excluding steroid dienone is 1. The molecule has 3 heterocycles. The molecule has 146 valence electrons. The molecule has 1 aliphatic carbocycles. The number of sulfonamides is 1. The molecule has 10 heteroatoms. The molecule has 0 bridgehead atoms. The number of hydrogen-bond donors (Lipinski definition) is 0. The van der Waals surface area contributed by atoms with Crippen molar-refractivity contribution in [1.82, 2.24) is 14.6 Å². The third kappa shape index (κ3) is 2.46. The number of halogens is 1. The lowest BCUT2D eigenvalue weighted by Gasteiger charge is -2.38. The van der Waals surface area contributed by atoms with Crippen LogP contribution in [-0.4, -0.2) is 47.7 Å². The fourth-order valence-electron chi connectivity index (χ4n) is 4.22. The van der Waals surface area contributed by atoms with Gasteiger partial charge in [0.15, 0.2) is 11.0 Å². The molecular formula is C18H16ClN3O5S. The number of carbonyl (C=O) groups excluding carboxylic acids is 1. The minimum atomic E-state index is -3.83. The van der Waals surface area contributed by atoms with Gasteiger partial charge in [0.1, 0.15) is 10.5 Å². The first-order chi connectivity index (χ1) is 13.4. The topological polar surface area (TPSA) is 103 Å². The fraction of sp³-hybridized carbons (Fsp3) is 0.389. The highest BCUT2D eigenvalue weighted by molar-refractivity contribution is 7.89. The van der Waals surface area contributed by atoms with Crippen LogP contribution in [0.4, 0.5) is 0 Å². The zero-order valence-electron chi connectivity index (χ0n) is 14.7. The van der Waals surface area contributed by atoms with Crippen LogP contribution in [0.1, 0.15) is 25.7 Å².